The smallest absolute Gasteiger partial charge is 0.255 e. The first kappa shape index (κ1) is 21.7. The highest BCUT2D eigenvalue weighted by Gasteiger charge is 2.10. The first-order chi connectivity index (χ1) is 14.5. The predicted molar refractivity (Wildman–Crippen MR) is 116 cm³/mol. The van der Waals surface area contributed by atoms with Crippen LogP contribution in [0.4, 0.5) is 0 Å². The minimum Gasteiger partial charge on any atom is -0.493 e. The van der Waals surface area contributed by atoms with Crippen molar-refractivity contribution in [1.29, 1.82) is 0 Å². The lowest BCUT2D eigenvalue weighted by Gasteiger charge is -2.15. The van der Waals surface area contributed by atoms with Crippen molar-refractivity contribution in [2.75, 3.05) is 13.7 Å². The minimum atomic E-state index is -0.542. The fraction of sp³-hybridized carbons (Fsp3) is 0.261. The number of halogens is 1. The van der Waals surface area contributed by atoms with Gasteiger partial charge in [0.1, 0.15) is 19.0 Å². The Bertz CT molecular complexity index is 1030. The second kappa shape index (κ2) is 10.2. The van der Waals surface area contributed by atoms with E-state index in [9.17, 15) is 9.90 Å². The first-order valence-electron chi connectivity index (χ1n) is 9.59. The van der Waals surface area contributed by atoms with E-state index in [1.807, 2.05) is 13.0 Å². The van der Waals surface area contributed by atoms with Gasteiger partial charge in [0.25, 0.3) is 5.56 Å². The average molecular weight is 430 g/mol. The first-order valence-corrected chi connectivity index (χ1v) is 9.97. The molecule has 0 saturated heterocycles. The molecule has 0 fully saturated rings. The molecule has 0 spiro atoms. The number of aromatic nitrogens is 1. The molecular weight excluding hydrogens is 406 g/mol. The molecule has 3 rings (SSSR count). The number of aliphatic hydroxyl groups excluding tert-OH is 1. The Kier molecular flexibility index (Phi) is 7.38. The molecule has 0 bridgehead atoms. The highest BCUT2D eigenvalue weighted by molar-refractivity contribution is 6.30. The van der Waals surface area contributed by atoms with Crippen LogP contribution in [0, 0.1) is 0 Å². The number of nitrogens with zero attached hydrogens (tertiary/aromatic N) is 1. The van der Waals surface area contributed by atoms with E-state index in [-0.39, 0.29) is 18.8 Å². The maximum atomic E-state index is 12.6. The zero-order valence-corrected chi connectivity index (χ0v) is 17.6. The average Bonchev–Trinajstić information content (AvgIpc) is 2.77. The maximum absolute atomic E-state index is 12.6. The van der Waals surface area contributed by atoms with E-state index in [1.165, 1.54) is 17.7 Å². The van der Waals surface area contributed by atoms with Gasteiger partial charge in [0.15, 0.2) is 11.5 Å². The summed E-state index contributed by atoms with van der Waals surface area (Å²) in [6.07, 6.45) is 1.75. The van der Waals surface area contributed by atoms with Gasteiger partial charge in [0, 0.05) is 23.4 Å². The molecule has 3 aromatic rings. The summed E-state index contributed by atoms with van der Waals surface area (Å²) in [6.45, 7) is 2.33. The zero-order chi connectivity index (χ0) is 21.5. The van der Waals surface area contributed by atoms with Crippen LogP contribution in [0.15, 0.2) is 65.6 Å². The molecule has 1 heterocycles. The number of hydrogen-bond acceptors (Lipinski definition) is 5. The van der Waals surface area contributed by atoms with Crippen LogP contribution in [0.2, 0.25) is 5.02 Å². The van der Waals surface area contributed by atoms with Gasteiger partial charge in [0.05, 0.1) is 18.9 Å². The normalized spacial score (nSPS) is 11.7. The summed E-state index contributed by atoms with van der Waals surface area (Å²) in [5, 5.41) is 10.3. The molecule has 6 nitrogen and oxygen atoms in total. The van der Waals surface area contributed by atoms with Gasteiger partial charge in [0.2, 0.25) is 0 Å². The molecule has 0 aliphatic heterocycles. The monoisotopic (exact) mass is 429 g/mol. The lowest BCUT2D eigenvalue weighted by atomic mass is 10.2. The van der Waals surface area contributed by atoms with Gasteiger partial charge in [-0.1, -0.05) is 18.5 Å². The van der Waals surface area contributed by atoms with Crippen molar-refractivity contribution < 1.29 is 19.3 Å². The Labute approximate surface area is 180 Å². The van der Waals surface area contributed by atoms with Crippen molar-refractivity contribution in [3.63, 3.8) is 0 Å². The highest BCUT2D eigenvalue weighted by Crippen LogP contribution is 2.29. The molecule has 1 atom stereocenters. The summed E-state index contributed by atoms with van der Waals surface area (Å²) >= 11 is 5.87. The lowest BCUT2D eigenvalue weighted by Crippen LogP contribution is -2.18. The summed E-state index contributed by atoms with van der Waals surface area (Å²) in [7, 11) is 1.53. The third-order valence-electron chi connectivity index (χ3n) is 4.53. The van der Waals surface area contributed by atoms with Gasteiger partial charge in [-0.2, -0.15) is 0 Å². The molecule has 30 heavy (non-hydrogen) atoms. The number of ether oxygens (including phenoxy) is 3. The number of hydrogen-bond donors (Lipinski definition) is 1. The molecule has 1 unspecified atom stereocenters. The van der Waals surface area contributed by atoms with E-state index in [0.29, 0.717) is 34.4 Å². The highest BCUT2D eigenvalue weighted by atomic mass is 35.5. The minimum absolute atomic E-state index is 0.175. The van der Waals surface area contributed by atoms with Crippen LogP contribution in [0.3, 0.4) is 0 Å². The van der Waals surface area contributed by atoms with Crippen LogP contribution in [0.25, 0.3) is 5.69 Å². The summed E-state index contributed by atoms with van der Waals surface area (Å²) in [5.41, 5.74) is 1.21. The Morgan fingerprint density at radius 2 is 1.80 bits per heavy atom. The van der Waals surface area contributed by atoms with Crippen LogP contribution in [-0.4, -0.2) is 29.5 Å². The largest absolute Gasteiger partial charge is 0.493 e. The van der Waals surface area contributed by atoms with Crippen molar-refractivity contribution in [3.8, 4) is 22.9 Å². The van der Waals surface area contributed by atoms with Crippen molar-refractivity contribution in [3.05, 3.63) is 81.7 Å². The van der Waals surface area contributed by atoms with E-state index in [4.69, 9.17) is 25.8 Å². The molecule has 7 heteroatoms. The summed E-state index contributed by atoms with van der Waals surface area (Å²) < 4.78 is 18.2. The number of rotatable bonds is 9. The predicted octanol–water partition coefficient (Wildman–Crippen LogP) is 4.23. The van der Waals surface area contributed by atoms with E-state index < -0.39 is 6.10 Å². The van der Waals surface area contributed by atoms with Gasteiger partial charge in [-0.25, -0.2) is 0 Å². The number of aliphatic hydroxyl groups is 1. The van der Waals surface area contributed by atoms with Gasteiger partial charge in [-0.3, -0.25) is 9.36 Å². The van der Waals surface area contributed by atoms with Crippen LogP contribution in [0.5, 0.6) is 17.2 Å². The van der Waals surface area contributed by atoms with Gasteiger partial charge < -0.3 is 19.3 Å². The molecule has 0 aliphatic rings. The Balaban J connectivity index is 1.73. The Morgan fingerprint density at radius 3 is 2.47 bits per heavy atom. The van der Waals surface area contributed by atoms with Crippen molar-refractivity contribution in [2.45, 2.75) is 26.1 Å². The van der Waals surface area contributed by atoms with Gasteiger partial charge in [-0.15, -0.1) is 0 Å². The second-order valence-electron chi connectivity index (χ2n) is 6.69. The topological polar surface area (TPSA) is 69.9 Å². The molecule has 1 aromatic heterocycles. The zero-order valence-electron chi connectivity index (χ0n) is 16.9. The van der Waals surface area contributed by atoms with Crippen molar-refractivity contribution in [1.82, 2.24) is 4.57 Å². The van der Waals surface area contributed by atoms with E-state index in [2.05, 4.69) is 0 Å². The number of benzene rings is 2. The van der Waals surface area contributed by atoms with Crippen LogP contribution >= 0.6 is 11.6 Å². The van der Waals surface area contributed by atoms with Crippen LogP contribution in [-0.2, 0) is 6.61 Å². The van der Waals surface area contributed by atoms with Crippen molar-refractivity contribution >= 4 is 11.6 Å². The van der Waals surface area contributed by atoms with Crippen molar-refractivity contribution in [2.24, 2.45) is 0 Å². The number of pyridine rings is 1. The molecule has 2 aromatic carbocycles. The molecular formula is C23H24ClNO5. The molecule has 158 valence electrons. The fourth-order valence-corrected chi connectivity index (χ4v) is 2.88. The molecule has 1 N–H and O–H groups in total. The van der Waals surface area contributed by atoms with E-state index in [0.717, 1.165) is 5.56 Å². The number of methoxy groups -OCH3 is 1. The molecule has 0 radical (unpaired) electrons. The SMILES string of the molecule is CCC(O)COc1ccc(-n2ccc(COc3ccc(Cl)cc3)cc2=O)cc1OC. The van der Waals surface area contributed by atoms with Gasteiger partial charge in [-0.05, 0) is 54.4 Å². The molecule has 0 amide bonds. The van der Waals surface area contributed by atoms with Crippen LogP contribution in [0.1, 0.15) is 18.9 Å². The van der Waals surface area contributed by atoms with Crippen LogP contribution < -0.4 is 19.8 Å². The third kappa shape index (κ3) is 5.55. The fourth-order valence-electron chi connectivity index (χ4n) is 2.75. The lowest BCUT2D eigenvalue weighted by molar-refractivity contribution is 0.102. The van der Waals surface area contributed by atoms with Gasteiger partial charge >= 0.3 is 0 Å². The van der Waals surface area contributed by atoms with E-state index in [1.54, 1.807) is 48.7 Å². The molecule has 0 saturated carbocycles. The summed E-state index contributed by atoms with van der Waals surface area (Å²) in [5.74, 6) is 1.67. The summed E-state index contributed by atoms with van der Waals surface area (Å²) in [4.78, 5) is 12.6. The standard InChI is InChI=1S/C23H24ClNO5/c1-3-19(26)15-30-21-9-6-18(13-22(21)28-2)25-11-10-16(12-23(25)27)14-29-20-7-4-17(24)5-8-20/h4-13,19,26H,3,14-15H2,1-2H3. The Hall–Kier alpha value is -2.96. The third-order valence-corrected chi connectivity index (χ3v) is 4.78. The summed E-state index contributed by atoms with van der Waals surface area (Å²) in [6, 6.07) is 15.6. The quantitative estimate of drug-likeness (QED) is 0.551. The Morgan fingerprint density at radius 1 is 1.03 bits per heavy atom. The molecule has 0 aliphatic carbocycles. The second-order valence-corrected chi connectivity index (χ2v) is 7.13. The maximum Gasteiger partial charge on any atom is 0.255 e. The van der Waals surface area contributed by atoms with E-state index >= 15 is 0 Å².